The van der Waals surface area contributed by atoms with E-state index >= 15 is 0 Å². The van der Waals surface area contributed by atoms with E-state index in [1.54, 1.807) is 0 Å². The van der Waals surface area contributed by atoms with Crippen molar-refractivity contribution in [3.63, 3.8) is 0 Å². The van der Waals surface area contributed by atoms with E-state index in [-0.39, 0.29) is 16.9 Å². The van der Waals surface area contributed by atoms with Crippen LogP contribution >= 0.6 is 11.3 Å². The highest BCUT2D eigenvalue weighted by atomic mass is 32.2. The molecule has 4 aromatic rings. The number of fused-ring (bicyclic) bond motifs is 2. The van der Waals surface area contributed by atoms with E-state index in [9.17, 15) is 8.42 Å². The number of nitrogen functional groups attached to an aromatic ring is 1. The Morgan fingerprint density at radius 1 is 1.17 bits per heavy atom. The fourth-order valence-corrected chi connectivity index (χ4v) is 3.65. The third-order valence-electron chi connectivity index (χ3n) is 3.19. The molecule has 1 aromatic carbocycles. The molecular formula is C13H10N6O2S2. The van der Waals surface area contributed by atoms with Gasteiger partial charge in [0.05, 0.1) is 4.88 Å². The molecule has 116 valence electrons. The van der Waals surface area contributed by atoms with Crippen molar-refractivity contribution in [1.29, 1.82) is 0 Å². The molecule has 23 heavy (non-hydrogen) atoms. The smallest absolute Gasteiger partial charge is 0.258 e. The van der Waals surface area contributed by atoms with Gasteiger partial charge in [0, 0.05) is 11.0 Å². The number of benzene rings is 1. The number of nitrogens with zero attached hydrogens (tertiary/aromatic N) is 5. The van der Waals surface area contributed by atoms with Crippen molar-refractivity contribution >= 4 is 43.0 Å². The molecule has 10 heteroatoms. The average Bonchev–Trinajstić information content (AvgIpc) is 3.09. The van der Waals surface area contributed by atoms with E-state index in [1.807, 2.05) is 30.3 Å². The SMILES string of the molecule is CS(=O)(=O)c1nc(N)n2nc(-c3cc4ccccc4s3)nc2n1. The summed E-state index contributed by atoms with van der Waals surface area (Å²) >= 11 is 1.54. The second-order valence-electron chi connectivity index (χ2n) is 4.93. The third kappa shape index (κ3) is 2.32. The minimum Gasteiger partial charge on any atom is -0.368 e. The van der Waals surface area contributed by atoms with Gasteiger partial charge >= 0.3 is 0 Å². The fourth-order valence-electron chi connectivity index (χ4n) is 2.15. The highest BCUT2D eigenvalue weighted by molar-refractivity contribution is 7.90. The molecule has 8 nitrogen and oxygen atoms in total. The Morgan fingerprint density at radius 3 is 2.70 bits per heavy atom. The molecule has 0 saturated carbocycles. The molecule has 0 amide bonds. The standard InChI is InChI=1S/C13H10N6O2S2/c1-23(20,21)13-16-11(14)19-12(17-13)15-10(18-19)9-6-7-4-2-3-5-8(7)22-9/h2-6H,1H3,(H2,14,15,16,17,18). The molecule has 2 N–H and O–H groups in total. The molecule has 0 radical (unpaired) electrons. The van der Waals surface area contributed by atoms with Crippen LogP contribution in [-0.4, -0.2) is 39.2 Å². The quantitative estimate of drug-likeness (QED) is 0.583. The maximum Gasteiger partial charge on any atom is 0.258 e. The van der Waals surface area contributed by atoms with Crippen LogP contribution in [0.5, 0.6) is 0 Å². The summed E-state index contributed by atoms with van der Waals surface area (Å²) in [4.78, 5) is 12.8. The van der Waals surface area contributed by atoms with Gasteiger partial charge in [-0.05, 0) is 17.5 Å². The molecule has 0 fully saturated rings. The van der Waals surface area contributed by atoms with E-state index in [0.29, 0.717) is 5.82 Å². The summed E-state index contributed by atoms with van der Waals surface area (Å²) in [5.41, 5.74) is 5.77. The molecule has 0 aliphatic heterocycles. The Bertz CT molecular complexity index is 1130. The van der Waals surface area contributed by atoms with Crippen LogP contribution in [-0.2, 0) is 9.84 Å². The maximum atomic E-state index is 11.6. The first-order chi connectivity index (χ1) is 10.9. The summed E-state index contributed by atoms with van der Waals surface area (Å²) in [5.74, 6) is 0.457. The Hall–Kier alpha value is -2.59. The topological polar surface area (TPSA) is 116 Å². The first-order valence-electron chi connectivity index (χ1n) is 6.51. The van der Waals surface area contributed by atoms with Crippen LogP contribution < -0.4 is 5.73 Å². The van der Waals surface area contributed by atoms with Gasteiger partial charge in [-0.1, -0.05) is 18.2 Å². The Morgan fingerprint density at radius 2 is 1.96 bits per heavy atom. The van der Waals surface area contributed by atoms with E-state index in [0.717, 1.165) is 21.2 Å². The van der Waals surface area contributed by atoms with Crippen molar-refractivity contribution in [3.8, 4) is 10.7 Å². The summed E-state index contributed by atoms with van der Waals surface area (Å²) in [6.07, 6.45) is 1.02. The second kappa shape index (κ2) is 4.70. The largest absolute Gasteiger partial charge is 0.368 e. The van der Waals surface area contributed by atoms with Crippen molar-refractivity contribution in [2.75, 3.05) is 12.0 Å². The minimum atomic E-state index is -3.57. The van der Waals surface area contributed by atoms with Gasteiger partial charge in [0.2, 0.25) is 15.8 Å². The molecule has 0 spiro atoms. The summed E-state index contributed by atoms with van der Waals surface area (Å²) < 4.78 is 25.5. The number of anilines is 1. The van der Waals surface area contributed by atoms with Crippen LogP contribution in [0.15, 0.2) is 35.5 Å². The highest BCUT2D eigenvalue weighted by Gasteiger charge is 2.18. The zero-order chi connectivity index (χ0) is 16.2. The van der Waals surface area contributed by atoms with Crippen molar-refractivity contribution in [2.45, 2.75) is 5.16 Å². The number of thiophene rings is 1. The first-order valence-corrected chi connectivity index (χ1v) is 9.22. The van der Waals surface area contributed by atoms with Gasteiger partial charge in [-0.2, -0.15) is 19.5 Å². The molecule has 0 atom stereocenters. The lowest BCUT2D eigenvalue weighted by Crippen LogP contribution is -2.11. The van der Waals surface area contributed by atoms with Gasteiger partial charge in [-0.25, -0.2) is 8.42 Å². The van der Waals surface area contributed by atoms with Crippen molar-refractivity contribution < 1.29 is 8.42 Å². The fraction of sp³-hybridized carbons (Fsp3) is 0.0769. The number of rotatable bonds is 2. The molecule has 3 heterocycles. The summed E-state index contributed by atoms with van der Waals surface area (Å²) in [6.45, 7) is 0. The Kier molecular flexibility index (Phi) is 2.87. The molecule has 0 aliphatic carbocycles. The van der Waals surface area contributed by atoms with Crippen molar-refractivity contribution in [2.24, 2.45) is 0 Å². The molecule has 4 rings (SSSR count). The molecule has 3 aromatic heterocycles. The lowest BCUT2D eigenvalue weighted by atomic mass is 10.2. The Balaban J connectivity index is 1.93. The van der Waals surface area contributed by atoms with Gasteiger partial charge in [-0.15, -0.1) is 16.4 Å². The minimum absolute atomic E-state index is 0.0738. The van der Waals surface area contributed by atoms with Crippen molar-refractivity contribution in [1.82, 2.24) is 24.6 Å². The molecule has 0 unspecified atom stereocenters. The predicted octanol–water partition coefficient (Wildman–Crippen LogP) is 1.39. The monoisotopic (exact) mass is 346 g/mol. The molecule has 0 saturated heterocycles. The van der Waals surface area contributed by atoms with Crippen LogP contribution in [0.4, 0.5) is 5.95 Å². The predicted molar refractivity (Wildman–Crippen MR) is 86.9 cm³/mol. The number of nitrogens with two attached hydrogens (primary N) is 1. The van der Waals surface area contributed by atoms with E-state index in [4.69, 9.17) is 5.73 Å². The summed E-state index contributed by atoms with van der Waals surface area (Å²) in [6, 6.07) is 9.89. The van der Waals surface area contributed by atoms with Gasteiger partial charge in [0.1, 0.15) is 0 Å². The lowest BCUT2D eigenvalue weighted by Gasteiger charge is -1.99. The van der Waals surface area contributed by atoms with Crippen LogP contribution in [0.25, 0.3) is 26.6 Å². The van der Waals surface area contributed by atoms with Gasteiger partial charge in [0.15, 0.2) is 5.82 Å². The van der Waals surface area contributed by atoms with Crippen LogP contribution in [0.2, 0.25) is 0 Å². The van der Waals surface area contributed by atoms with Gasteiger partial charge < -0.3 is 5.73 Å². The zero-order valence-corrected chi connectivity index (χ0v) is 13.5. The molecule has 0 aliphatic rings. The Labute approximate surface area is 134 Å². The number of sulfone groups is 1. The van der Waals surface area contributed by atoms with Crippen LogP contribution in [0.3, 0.4) is 0 Å². The lowest BCUT2D eigenvalue weighted by molar-refractivity contribution is 0.592. The van der Waals surface area contributed by atoms with Gasteiger partial charge in [-0.3, -0.25) is 0 Å². The van der Waals surface area contributed by atoms with Crippen LogP contribution in [0, 0.1) is 0 Å². The number of aromatic nitrogens is 5. The van der Waals surface area contributed by atoms with Crippen molar-refractivity contribution in [3.05, 3.63) is 30.3 Å². The van der Waals surface area contributed by atoms with E-state index in [1.165, 1.54) is 15.9 Å². The number of hydrogen-bond donors (Lipinski definition) is 1. The first kappa shape index (κ1) is 14.0. The van der Waals surface area contributed by atoms with E-state index in [2.05, 4.69) is 20.1 Å². The summed E-state index contributed by atoms with van der Waals surface area (Å²) in [5, 5.41) is 4.99. The van der Waals surface area contributed by atoms with Crippen LogP contribution in [0.1, 0.15) is 0 Å². The number of hydrogen-bond acceptors (Lipinski definition) is 8. The molecule has 0 bridgehead atoms. The normalized spacial score (nSPS) is 12.2. The van der Waals surface area contributed by atoms with Gasteiger partial charge in [0.25, 0.3) is 10.9 Å². The van der Waals surface area contributed by atoms with E-state index < -0.39 is 9.84 Å². The summed E-state index contributed by atoms with van der Waals surface area (Å²) in [7, 11) is -3.57. The average molecular weight is 346 g/mol. The maximum absolute atomic E-state index is 11.6. The highest BCUT2D eigenvalue weighted by Crippen LogP contribution is 2.31. The molecular weight excluding hydrogens is 336 g/mol. The third-order valence-corrected chi connectivity index (χ3v) is 5.15. The zero-order valence-electron chi connectivity index (χ0n) is 11.8. The second-order valence-corrected chi connectivity index (χ2v) is 7.93.